The minimum absolute atomic E-state index is 0.124. The third-order valence-electron chi connectivity index (χ3n) is 3.37. The molecule has 0 bridgehead atoms. The van der Waals surface area contributed by atoms with Crippen molar-refractivity contribution in [1.29, 1.82) is 0 Å². The van der Waals surface area contributed by atoms with Crippen LogP contribution in [-0.4, -0.2) is 21.5 Å². The Balaban J connectivity index is 2.64. The number of aromatic nitrogens is 2. The summed E-state index contributed by atoms with van der Waals surface area (Å²) >= 11 is 0. The Bertz CT molecular complexity index is 927. The molecule has 0 radical (unpaired) electrons. The van der Waals surface area contributed by atoms with E-state index < -0.39 is 46.6 Å². The van der Waals surface area contributed by atoms with Crippen molar-refractivity contribution in [3.63, 3.8) is 0 Å². The number of ether oxygens (including phenoxy) is 1. The number of alkyl halides is 3. The Labute approximate surface area is 157 Å². The molecule has 0 spiro atoms. The molecule has 0 saturated carbocycles. The Morgan fingerprint density at radius 3 is 2.32 bits per heavy atom. The number of anilines is 1. The number of hydrogen-bond acceptors (Lipinski definition) is 3. The maximum absolute atomic E-state index is 14.4. The number of carbonyl (C=O) groups is 1. The van der Waals surface area contributed by atoms with Crippen LogP contribution in [0.25, 0.3) is 11.3 Å². The Hall–Kier alpha value is -2.91. The number of allylic oxidation sites excluding steroid dienone is 1. The van der Waals surface area contributed by atoms with E-state index in [0.29, 0.717) is 12.3 Å². The Morgan fingerprint density at radius 2 is 1.82 bits per heavy atom. The number of amides is 1. The smallest absolute Gasteiger partial charge is 0.435 e. The lowest BCUT2D eigenvalue weighted by Crippen LogP contribution is -2.28. The topological polar surface area (TPSA) is 56.2 Å². The van der Waals surface area contributed by atoms with Gasteiger partial charge in [0.05, 0.1) is 11.9 Å². The van der Waals surface area contributed by atoms with E-state index in [1.807, 2.05) is 5.32 Å². The van der Waals surface area contributed by atoms with Crippen LogP contribution in [0.15, 0.2) is 24.9 Å². The second-order valence-corrected chi connectivity index (χ2v) is 7.01. The first-order chi connectivity index (χ1) is 12.7. The lowest BCUT2D eigenvalue weighted by atomic mass is 10.1. The summed E-state index contributed by atoms with van der Waals surface area (Å²) < 4.78 is 74.2. The van der Waals surface area contributed by atoms with Crippen molar-refractivity contribution in [1.82, 2.24) is 9.78 Å². The van der Waals surface area contributed by atoms with Gasteiger partial charge in [0, 0.05) is 11.6 Å². The van der Waals surface area contributed by atoms with Crippen molar-refractivity contribution in [2.24, 2.45) is 0 Å². The second-order valence-electron chi connectivity index (χ2n) is 7.01. The van der Waals surface area contributed by atoms with Gasteiger partial charge in [-0.25, -0.2) is 18.3 Å². The van der Waals surface area contributed by atoms with Crippen LogP contribution < -0.4 is 5.32 Å². The predicted molar refractivity (Wildman–Crippen MR) is 93.0 cm³/mol. The summed E-state index contributed by atoms with van der Waals surface area (Å²) in [5, 5.41) is 5.52. The summed E-state index contributed by atoms with van der Waals surface area (Å²) in [6.45, 7) is 9.53. The quantitative estimate of drug-likeness (QED) is 0.684. The highest BCUT2D eigenvalue weighted by atomic mass is 19.4. The monoisotopic (exact) mass is 403 g/mol. The van der Waals surface area contributed by atoms with Gasteiger partial charge in [0.1, 0.15) is 17.1 Å². The van der Waals surface area contributed by atoms with E-state index in [9.17, 15) is 26.7 Å². The SMILES string of the molecule is C=C(C)c1cc(F)cc(F)c1-n1ncc(NC(=O)OC(C)(C)C)c1C(F)(F)F. The molecular weight excluding hydrogens is 385 g/mol. The number of nitrogens with zero attached hydrogens (tertiary/aromatic N) is 2. The fourth-order valence-electron chi connectivity index (χ4n) is 2.40. The molecule has 152 valence electrons. The molecule has 0 aliphatic heterocycles. The molecule has 28 heavy (non-hydrogen) atoms. The van der Waals surface area contributed by atoms with E-state index in [1.165, 1.54) is 27.7 Å². The number of benzene rings is 1. The van der Waals surface area contributed by atoms with Gasteiger partial charge in [0.15, 0.2) is 11.5 Å². The van der Waals surface area contributed by atoms with Gasteiger partial charge in [-0.15, -0.1) is 0 Å². The van der Waals surface area contributed by atoms with Gasteiger partial charge in [0.25, 0.3) is 0 Å². The van der Waals surface area contributed by atoms with E-state index in [-0.39, 0.29) is 15.8 Å². The molecule has 2 rings (SSSR count). The minimum Gasteiger partial charge on any atom is -0.444 e. The van der Waals surface area contributed by atoms with Crippen LogP contribution >= 0.6 is 0 Å². The molecule has 5 nitrogen and oxygen atoms in total. The third-order valence-corrected chi connectivity index (χ3v) is 3.37. The summed E-state index contributed by atoms with van der Waals surface area (Å²) in [5.74, 6) is -2.25. The number of halogens is 5. The highest BCUT2D eigenvalue weighted by Gasteiger charge is 2.40. The number of carbonyl (C=O) groups excluding carboxylic acids is 1. The maximum Gasteiger partial charge on any atom is 0.435 e. The average molecular weight is 403 g/mol. The van der Waals surface area contributed by atoms with Crippen LogP contribution in [0.3, 0.4) is 0 Å². The van der Waals surface area contributed by atoms with Gasteiger partial charge in [-0.2, -0.15) is 18.3 Å². The van der Waals surface area contributed by atoms with E-state index in [2.05, 4.69) is 11.7 Å². The number of hydrogen-bond donors (Lipinski definition) is 1. The summed E-state index contributed by atoms with van der Waals surface area (Å²) in [6.07, 6.45) is -5.46. The second kappa shape index (κ2) is 7.25. The predicted octanol–water partition coefficient (Wildman–Crippen LogP) is 5.55. The van der Waals surface area contributed by atoms with Crippen LogP contribution in [0.1, 0.15) is 39.0 Å². The first kappa shape index (κ1) is 21.4. The molecular formula is C18H18F5N3O2. The Morgan fingerprint density at radius 1 is 1.21 bits per heavy atom. The van der Waals surface area contributed by atoms with Crippen LogP contribution in [0.2, 0.25) is 0 Å². The summed E-state index contributed by atoms with van der Waals surface area (Å²) in [4.78, 5) is 11.9. The first-order valence-corrected chi connectivity index (χ1v) is 8.01. The zero-order chi connectivity index (χ0) is 21.4. The maximum atomic E-state index is 14.4. The van der Waals surface area contributed by atoms with Gasteiger partial charge in [-0.05, 0) is 39.3 Å². The molecule has 0 unspecified atom stereocenters. The largest absolute Gasteiger partial charge is 0.444 e. The van der Waals surface area contributed by atoms with Crippen molar-refractivity contribution in [2.75, 3.05) is 5.32 Å². The summed E-state index contributed by atoms with van der Waals surface area (Å²) in [6, 6.07) is 1.29. The normalized spacial score (nSPS) is 12.0. The van der Waals surface area contributed by atoms with Gasteiger partial charge in [-0.3, -0.25) is 5.32 Å². The van der Waals surface area contributed by atoms with Crippen LogP contribution in [-0.2, 0) is 10.9 Å². The van der Waals surface area contributed by atoms with Crippen molar-refractivity contribution in [3.05, 3.63) is 47.8 Å². The Kier molecular flexibility index (Phi) is 5.54. The van der Waals surface area contributed by atoms with Gasteiger partial charge in [0.2, 0.25) is 0 Å². The molecule has 2 aromatic rings. The molecule has 1 N–H and O–H groups in total. The van der Waals surface area contributed by atoms with Crippen LogP contribution in [0, 0.1) is 11.6 Å². The number of nitrogens with one attached hydrogen (secondary N) is 1. The molecule has 1 aromatic heterocycles. The first-order valence-electron chi connectivity index (χ1n) is 8.01. The van der Waals surface area contributed by atoms with Crippen molar-refractivity contribution in [2.45, 2.75) is 39.5 Å². The highest BCUT2D eigenvalue weighted by Crippen LogP contribution is 2.38. The van der Waals surface area contributed by atoms with E-state index >= 15 is 0 Å². The zero-order valence-corrected chi connectivity index (χ0v) is 15.5. The molecule has 1 aromatic carbocycles. The molecule has 1 amide bonds. The molecule has 1 heterocycles. The third kappa shape index (κ3) is 4.68. The number of rotatable bonds is 3. The van der Waals surface area contributed by atoms with E-state index in [1.54, 1.807) is 0 Å². The lowest BCUT2D eigenvalue weighted by molar-refractivity contribution is -0.142. The summed E-state index contributed by atoms with van der Waals surface area (Å²) in [7, 11) is 0. The van der Waals surface area contributed by atoms with Crippen molar-refractivity contribution >= 4 is 17.4 Å². The van der Waals surface area contributed by atoms with Gasteiger partial charge < -0.3 is 4.74 Å². The molecule has 0 saturated heterocycles. The molecule has 0 fully saturated rings. The fourth-order valence-corrected chi connectivity index (χ4v) is 2.40. The van der Waals surface area contributed by atoms with Crippen LogP contribution in [0.4, 0.5) is 32.4 Å². The lowest BCUT2D eigenvalue weighted by Gasteiger charge is -2.20. The minimum atomic E-state index is -5.02. The average Bonchev–Trinajstić information content (AvgIpc) is 2.87. The standard InChI is InChI=1S/C18H18F5N3O2/c1-9(2)11-6-10(19)7-12(20)14(11)26-15(18(21,22)23)13(8-24-26)25-16(27)28-17(3,4)5/h6-8H,1H2,2-5H3,(H,25,27). The van der Waals surface area contributed by atoms with Gasteiger partial charge in [-0.1, -0.05) is 6.58 Å². The van der Waals surface area contributed by atoms with Crippen molar-refractivity contribution < 1.29 is 31.5 Å². The van der Waals surface area contributed by atoms with Gasteiger partial charge >= 0.3 is 12.3 Å². The fraction of sp³-hybridized carbons (Fsp3) is 0.333. The van der Waals surface area contributed by atoms with Crippen molar-refractivity contribution in [3.8, 4) is 5.69 Å². The zero-order valence-electron chi connectivity index (χ0n) is 15.5. The van der Waals surface area contributed by atoms with E-state index in [4.69, 9.17) is 4.74 Å². The van der Waals surface area contributed by atoms with E-state index in [0.717, 1.165) is 6.07 Å². The molecule has 10 heteroatoms. The molecule has 0 aliphatic rings. The molecule has 0 aliphatic carbocycles. The van der Waals surface area contributed by atoms with Crippen LogP contribution in [0.5, 0.6) is 0 Å². The summed E-state index contributed by atoms with van der Waals surface area (Å²) in [5.41, 5.74) is -3.86. The highest BCUT2D eigenvalue weighted by molar-refractivity contribution is 5.86. The molecule has 0 atom stereocenters.